The first-order valence-corrected chi connectivity index (χ1v) is 9.62. The number of halogens is 1. The van der Waals surface area contributed by atoms with Gasteiger partial charge in [0.15, 0.2) is 0 Å². The maximum atomic E-state index is 12.9. The van der Waals surface area contributed by atoms with Crippen molar-refractivity contribution in [3.8, 4) is 0 Å². The van der Waals surface area contributed by atoms with Crippen LogP contribution in [0.3, 0.4) is 0 Å². The van der Waals surface area contributed by atoms with Crippen LogP contribution in [-0.4, -0.2) is 53.6 Å². The van der Waals surface area contributed by atoms with E-state index in [-0.39, 0.29) is 16.6 Å². The van der Waals surface area contributed by atoms with Crippen molar-refractivity contribution in [2.24, 2.45) is 0 Å². The summed E-state index contributed by atoms with van der Waals surface area (Å²) in [5, 5.41) is 0.0785. The maximum absolute atomic E-state index is 12.9. The van der Waals surface area contributed by atoms with E-state index in [1.54, 1.807) is 24.3 Å². The minimum absolute atomic E-state index is 0.0785. The molecule has 0 atom stereocenters. The Hall–Kier alpha value is -1.65. The number of benzene rings is 1. The highest BCUT2D eigenvalue weighted by atomic mass is 35.5. The maximum Gasteiger partial charge on any atom is 0.211 e. The Morgan fingerprint density at radius 1 is 0.840 bits per heavy atom. The number of hydrogen-bond acceptors (Lipinski definition) is 4. The minimum atomic E-state index is -0.235. The highest BCUT2D eigenvalue weighted by Crippen LogP contribution is 2.31. The third-order valence-electron chi connectivity index (χ3n) is 5.76. The standard InChI is InChI=1S/C20H23ClN2O2/c21-17-18(20(25)16-9-5-4-8-15(16)19(17)24)23-12-10-22(11-13-23)14-6-2-1-3-7-14/h4-5,8-9,14H,1-3,6-7,10-13H2. The van der Waals surface area contributed by atoms with Gasteiger partial charge in [-0.05, 0) is 12.8 Å². The number of piperazine rings is 1. The molecule has 1 aliphatic heterocycles. The van der Waals surface area contributed by atoms with Crippen molar-refractivity contribution < 1.29 is 9.59 Å². The molecule has 2 aliphatic carbocycles. The van der Waals surface area contributed by atoms with E-state index in [0.717, 1.165) is 26.2 Å². The van der Waals surface area contributed by atoms with Gasteiger partial charge in [-0.25, -0.2) is 0 Å². The van der Waals surface area contributed by atoms with E-state index in [2.05, 4.69) is 4.90 Å². The topological polar surface area (TPSA) is 40.6 Å². The fraction of sp³-hybridized carbons (Fsp3) is 0.500. The monoisotopic (exact) mass is 358 g/mol. The summed E-state index contributed by atoms with van der Waals surface area (Å²) in [6.45, 7) is 3.37. The molecule has 0 spiro atoms. The van der Waals surface area contributed by atoms with E-state index in [9.17, 15) is 9.59 Å². The van der Waals surface area contributed by atoms with Crippen molar-refractivity contribution in [2.45, 2.75) is 38.1 Å². The molecular weight excluding hydrogens is 336 g/mol. The molecule has 1 aromatic rings. The summed E-state index contributed by atoms with van der Waals surface area (Å²) in [7, 11) is 0. The molecule has 25 heavy (non-hydrogen) atoms. The van der Waals surface area contributed by atoms with E-state index in [1.807, 2.05) is 4.90 Å². The van der Waals surface area contributed by atoms with Gasteiger partial charge < -0.3 is 4.90 Å². The lowest BCUT2D eigenvalue weighted by Gasteiger charge is -2.42. The normalized spacial score (nSPS) is 23.2. The molecule has 0 bridgehead atoms. The Morgan fingerprint density at radius 2 is 1.44 bits per heavy atom. The van der Waals surface area contributed by atoms with Gasteiger partial charge in [-0.1, -0.05) is 55.1 Å². The van der Waals surface area contributed by atoms with Gasteiger partial charge in [-0.3, -0.25) is 14.5 Å². The molecule has 1 aromatic carbocycles. The smallest absolute Gasteiger partial charge is 0.211 e. The third kappa shape index (κ3) is 3.02. The van der Waals surface area contributed by atoms with E-state index >= 15 is 0 Å². The predicted octanol–water partition coefficient (Wildman–Crippen LogP) is 3.47. The van der Waals surface area contributed by atoms with Gasteiger partial charge in [0.05, 0.1) is 0 Å². The summed E-state index contributed by atoms with van der Waals surface area (Å²) in [6, 6.07) is 7.64. The molecular formula is C20H23ClN2O2. The zero-order valence-corrected chi connectivity index (χ0v) is 15.1. The van der Waals surface area contributed by atoms with Crippen LogP contribution in [0.5, 0.6) is 0 Å². The van der Waals surface area contributed by atoms with Crippen molar-refractivity contribution in [3.05, 3.63) is 46.1 Å². The van der Waals surface area contributed by atoms with Gasteiger partial charge in [0.25, 0.3) is 0 Å². The highest BCUT2D eigenvalue weighted by Gasteiger charge is 2.36. The Morgan fingerprint density at radius 3 is 2.08 bits per heavy atom. The fourth-order valence-corrected chi connectivity index (χ4v) is 4.68. The number of ketones is 2. The number of carbonyl (C=O) groups is 2. The highest BCUT2D eigenvalue weighted by molar-refractivity contribution is 6.49. The number of fused-ring (bicyclic) bond motifs is 1. The van der Waals surface area contributed by atoms with E-state index in [1.165, 1.54) is 32.1 Å². The summed E-state index contributed by atoms with van der Waals surface area (Å²) in [5.41, 5.74) is 1.29. The van der Waals surface area contributed by atoms with E-state index in [0.29, 0.717) is 22.9 Å². The number of carbonyl (C=O) groups excluding carboxylic acids is 2. The molecule has 1 saturated heterocycles. The molecule has 1 heterocycles. The zero-order valence-electron chi connectivity index (χ0n) is 14.3. The van der Waals surface area contributed by atoms with Crippen LogP contribution in [0.2, 0.25) is 0 Å². The summed E-state index contributed by atoms with van der Waals surface area (Å²) in [5.74, 6) is -0.354. The van der Waals surface area contributed by atoms with Crippen LogP contribution in [0.15, 0.2) is 35.0 Å². The molecule has 0 radical (unpaired) electrons. The number of allylic oxidation sites excluding steroid dienone is 2. The van der Waals surface area contributed by atoms with Crippen molar-refractivity contribution in [1.29, 1.82) is 0 Å². The zero-order chi connectivity index (χ0) is 17.4. The van der Waals surface area contributed by atoms with Gasteiger partial charge in [-0.15, -0.1) is 0 Å². The SMILES string of the molecule is O=C1C(Cl)=C(N2CCN(C3CCCCC3)CC2)C(=O)c2ccccc21. The van der Waals surface area contributed by atoms with Gasteiger partial charge >= 0.3 is 0 Å². The molecule has 4 nitrogen and oxygen atoms in total. The van der Waals surface area contributed by atoms with Crippen LogP contribution in [0.1, 0.15) is 52.8 Å². The van der Waals surface area contributed by atoms with Crippen LogP contribution in [0.25, 0.3) is 0 Å². The summed E-state index contributed by atoms with van der Waals surface area (Å²) >= 11 is 6.33. The fourth-order valence-electron chi connectivity index (χ4n) is 4.37. The quantitative estimate of drug-likeness (QED) is 0.811. The number of rotatable bonds is 2. The Balaban J connectivity index is 1.52. The van der Waals surface area contributed by atoms with Gasteiger partial charge in [-0.2, -0.15) is 0 Å². The average Bonchev–Trinajstić information content (AvgIpc) is 2.68. The molecule has 2 fully saturated rings. The van der Waals surface area contributed by atoms with Crippen LogP contribution in [0.4, 0.5) is 0 Å². The Labute approximate surface area is 153 Å². The van der Waals surface area contributed by atoms with Crippen molar-refractivity contribution in [3.63, 3.8) is 0 Å². The van der Waals surface area contributed by atoms with Crippen molar-refractivity contribution >= 4 is 23.2 Å². The van der Waals surface area contributed by atoms with Crippen LogP contribution >= 0.6 is 11.6 Å². The van der Waals surface area contributed by atoms with Crippen LogP contribution in [0, 0.1) is 0 Å². The van der Waals surface area contributed by atoms with E-state index in [4.69, 9.17) is 11.6 Å². The van der Waals surface area contributed by atoms with Gasteiger partial charge in [0.2, 0.25) is 11.6 Å². The number of Topliss-reactive ketones (excluding diaryl/α,β-unsaturated/α-hetero) is 2. The molecule has 3 aliphatic rings. The predicted molar refractivity (Wildman–Crippen MR) is 98.0 cm³/mol. The summed E-state index contributed by atoms with van der Waals surface area (Å²) < 4.78 is 0. The number of nitrogens with zero attached hydrogens (tertiary/aromatic N) is 2. The molecule has 0 N–H and O–H groups in total. The number of hydrogen-bond donors (Lipinski definition) is 0. The minimum Gasteiger partial charge on any atom is -0.364 e. The molecule has 1 saturated carbocycles. The largest absolute Gasteiger partial charge is 0.364 e. The van der Waals surface area contributed by atoms with Crippen LogP contribution in [-0.2, 0) is 0 Å². The Kier molecular flexibility index (Phi) is 4.65. The van der Waals surface area contributed by atoms with Gasteiger partial charge in [0, 0.05) is 43.3 Å². The molecule has 0 amide bonds. The lowest BCUT2D eigenvalue weighted by Crippen LogP contribution is -2.51. The molecule has 132 valence electrons. The Bertz CT molecular complexity index is 729. The second-order valence-electron chi connectivity index (χ2n) is 7.18. The lowest BCUT2D eigenvalue weighted by molar-refractivity contribution is 0.0801. The first kappa shape index (κ1) is 16.8. The summed E-state index contributed by atoms with van der Waals surface area (Å²) in [4.78, 5) is 30.0. The van der Waals surface area contributed by atoms with E-state index < -0.39 is 0 Å². The van der Waals surface area contributed by atoms with Crippen molar-refractivity contribution in [1.82, 2.24) is 9.80 Å². The molecule has 4 rings (SSSR count). The second kappa shape index (κ2) is 6.93. The van der Waals surface area contributed by atoms with Crippen molar-refractivity contribution in [2.75, 3.05) is 26.2 Å². The van der Waals surface area contributed by atoms with Crippen LogP contribution < -0.4 is 0 Å². The lowest BCUT2D eigenvalue weighted by atomic mass is 9.91. The molecule has 5 heteroatoms. The first-order chi connectivity index (χ1) is 12.2. The average molecular weight is 359 g/mol. The molecule has 0 unspecified atom stereocenters. The third-order valence-corrected chi connectivity index (χ3v) is 6.11. The first-order valence-electron chi connectivity index (χ1n) is 9.24. The summed E-state index contributed by atoms with van der Waals surface area (Å²) in [6.07, 6.45) is 6.58. The molecule has 0 aromatic heterocycles. The van der Waals surface area contributed by atoms with Gasteiger partial charge in [0.1, 0.15) is 10.7 Å². The second-order valence-corrected chi connectivity index (χ2v) is 7.56.